The van der Waals surface area contributed by atoms with Gasteiger partial charge in [-0.25, -0.2) is 4.57 Å². The predicted octanol–water partition coefficient (Wildman–Crippen LogP) is 0.603. The van der Waals surface area contributed by atoms with Gasteiger partial charge in [-0.1, -0.05) is 0 Å². The van der Waals surface area contributed by atoms with Crippen molar-refractivity contribution in [2.24, 2.45) is 0 Å². The largest absolute Gasteiger partial charge is 0.469 e. The van der Waals surface area contributed by atoms with Gasteiger partial charge in [-0.3, -0.25) is 4.79 Å². The lowest BCUT2D eigenvalue weighted by molar-refractivity contribution is -0.696. The highest BCUT2D eigenvalue weighted by molar-refractivity contribution is 5.72. The maximum atomic E-state index is 11.0. The first-order valence-corrected chi connectivity index (χ1v) is 4.68. The molecule has 1 heterocycles. The minimum atomic E-state index is -0.256. The number of aryl methyl sites for hydroxylation is 1. The molecule has 0 saturated heterocycles. The second-order valence-electron chi connectivity index (χ2n) is 3.11. The van der Waals surface area contributed by atoms with Crippen LogP contribution >= 0.6 is 0 Å². The number of carbonyl (C=O) groups is 1. The Bertz CT molecular complexity index is 382. The fourth-order valence-electron chi connectivity index (χ4n) is 1.24. The minimum Gasteiger partial charge on any atom is -0.469 e. The maximum absolute atomic E-state index is 11.0. The quantitative estimate of drug-likeness (QED) is 0.534. The number of esters is 1. The molecular formula is C11H13N2O2+. The molecule has 78 valence electrons. The van der Waals surface area contributed by atoms with Crippen LogP contribution in [0.15, 0.2) is 24.5 Å². The second-order valence-corrected chi connectivity index (χ2v) is 3.11. The van der Waals surface area contributed by atoms with E-state index in [-0.39, 0.29) is 12.4 Å². The van der Waals surface area contributed by atoms with Crippen LogP contribution in [0.25, 0.3) is 0 Å². The van der Waals surface area contributed by atoms with E-state index < -0.39 is 0 Å². The van der Waals surface area contributed by atoms with Gasteiger partial charge in [-0.15, -0.1) is 0 Å². The highest BCUT2D eigenvalue weighted by atomic mass is 16.5. The van der Waals surface area contributed by atoms with Crippen molar-refractivity contribution in [1.29, 1.82) is 5.26 Å². The summed E-state index contributed by atoms with van der Waals surface area (Å²) >= 11 is 0. The Morgan fingerprint density at radius 2 is 2.47 bits per heavy atom. The third-order valence-corrected chi connectivity index (χ3v) is 1.98. The predicted molar refractivity (Wildman–Crippen MR) is 52.6 cm³/mol. The zero-order valence-corrected chi connectivity index (χ0v) is 8.64. The normalized spacial score (nSPS) is 9.33. The van der Waals surface area contributed by atoms with E-state index >= 15 is 0 Å². The van der Waals surface area contributed by atoms with Gasteiger partial charge >= 0.3 is 5.97 Å². The van der Waals surface area contributed by atoms with Gasteiger partial charge in [0.05, 0.1) is 26.0 Å². The van der Waals surface area contributed by atoms with Gasteiger partial charge in [-0.05, 0) is 6.07 Å². The van der Waals surface area contributed by atoms with E-state index in [1.165, 1.54) is 7.11 Å². The molecule has 0 N–H and O–H groups in total. The number of hydrogen-bond donors (Lipinski definition) is 0. The molecular weight excluding hydrogens is 192 g/mol. The molecule has 0 radical (unpaired) electrons. The van der Waals surface area contributed by atoms with Crippen LogP contribution in [0, 0.1) is 11.3 Å². The van der Waals surface area contributed by atoms with Crippen molar-refractivity contribution < 1.29 is 14.1 Å². The lowest BCUT2D eigenvalue weighted by Crippen LogP contribution is -2.33. The summed E-state index contributed by atoms with van der Waals surface area (Å²) in [6, 6.07) is 5.79. The first-order chi connectivity index (χ1) is 7.26. The molecule has 1 aromatic heterocycles. The monoisotopic (exact) mass is 205 g/mol. The molecule has 0 saturated carbocycles. The zero-order chi connectivity index (χ0) is 11.1. The molecule has 4 nitrogen and oxygen atoms in total. The van der Waals surface area contributed by atoms with Crippen LogP contribution < -0.4 is 4.57 Å². The van der Waals surface area contributed by atoms with E-state index in [0.29, 0.717) is 13.0 Å². The summed E-state index contributed by atoms with van der Waals surface area (Å²) in [6.45, 7) is 0.644. The summed E-state index contributed by atoms with van der Waals surface area (Å²) < 4.78 is 6.46. The number of nitriles is 1. The summed E-state index contributed by atoms with van der Waals surface area (Å²) in [5.74, 6) is -0.256. The summed E-state index contributed by atoms with van der Waals surface area (Å²) in [7, 11) is 1.37. The number of carbonyl (C=O) groups excluding carboxylic acids is 1. The number of methoxy groups -OCH3 is 1. The number of hydrogen-bond acceptors (Lipinski definition) is 3. The Kier molecular flexibility index (Phi) is 4.30. The molecule has 0 unspecified atom stereocenters. The number of ether oxygens (including phenoxy) is 1. The Morgan fingerprint density at radius 3 is 3.13 bits per heavy atom. The Labute approximate surface area is 88.7 Å². The van der Waals surface area contributed by atoms with Gasteiger partial charge in [0.15, 0.2) is 18.9 Å². The molecule has 0 fully saturated rings. The lowest BCUT2D eigenvalue weighted by atomic mass is 10.2. The van der Waals surface area contributed by atoms with Gasteiger partial charge in [0.2, 0.25) is 0 Å². The molecule has 1 aromatic rings. The van der Waals surface area contributed by atoms with Crippen LogP contribution in [-0.2, 0) is 22.5 Å². The fraction of sp³-hybridized carbons (Fsp3) is 0.364. The Balaban J connectivity index is 2.66. The van der Waals surface area contributed by atoms with Crippen molar-refractivity contribution in [1.82, 2.24) is 0 Å². The topological polar surface area (TPSA) is 54.0 Å². The average Bonchev–Trinajstić information content (AvgIpc) is 2.26. The smallest absolute Gasteiger partial charge is 0.310 e. The van der Waals surface area contributed by atoms with E-state index in [1.807, 2.05) is 29.1 Å². The van der Waals surface area contributed by atoms with Crippen LogP contribution in [0.1, 0.15) is 12.0 Å². The van der Waals surface area contributed by atoms with E-state index in [4.69, 9.17) is 5.26 Å². The highest BCUT2D eigenvalue weighted by Gasteiger charge is 2.07. The average molecular weight is 205 g/mol. The summed E-state index contributed by atoms with van der Waals surface area (Å²) in [5.41, 5.74) is 0.891. The van der Waals surface area contributed by atoms with Gasteiger partial charge in [0.25, 0.3) is 0 Å². The third-order valence-electron chi connectivity index (χ3n) is 1.98. The SMILES string of the molecule is COC(=O)Cc1ccc[n+](CCC#N)c1. The fourth-order valence-corrected chi connectivity index (χ4v) is 1.24. The molecule has 0 atom stereocenters. The van der Waals surface area contributed by atoms with Crippen LogP contribution in [0.5, 0.6) is 0 Å². The molecule has 1 rings (SSSR count). The zero-order valence-electron chi connectivity index (χ0n) is 8.64. The number of nitrogens with zero attached hydrogens (tertiary/aromatic N) is 2. The van der Waals surface area contributed by atoms with Crippen molar-refractivity contribution in [3.8, 4) is 6.07 Å². The van der Waals surface area contributed by atoms with Crippen LogP contribution in [0.2, 0.25) is 0 Å². The van der Waals surface area contributed by atoms with Crippen molar-refractivity contribution in [3.63, 3.8) is 0 Å². The molecule has 0 aromatic carbocycles. The molecule has 0 aliphatic carbocycles. The standard InChI is InChI=1S/C11H13N2O2/c1-15-11(14)8-10-4-2-6-13(9-10)7-3-5-12/h2,4,6,9H,3,7-8H2,1H3/q+1. The van der Waals surface area contributed by atoms with E-state index in [9.17, 15) is 4.79 Å². The molecule has 15 heavy (non-hydrogen) atoms. The molecule has 0 aliphatic rings. The van der Waals surface area contributed by atoms with Crippen LogP contribution in [0.3, 0.4) is 0 Å². The highest BCUT2D eigenvalue weighted by Crippen LogP contribution is 1.97. The first kappa shape index (κ1) is 11.2. The number of rotatable bonds is 4. The van der Waals surface area contributed by atoms with E-state index in [0.717, 1.165) is 5.56 Å². The Hall–Kier alpha value is -1.89. The van der Waals surface area contributed by atoms with Crippen molar-refractivity contribution >= 4 is 5.97 Å². The molecule has 0 amide bonds. The minimum absolute atomic E-state index is 0.256. The summed E-state index contributed by atoms with van der Waals surface area (Å²) in [4.78, 5) is 11.0. The third kappa shape index (κ3) is 3.77. The summed E-state index contributed by atoms with van der Waals surface area (Å²) in [6.07, 6.45) is 4.46. The van der Waals surface area contributed by atoms with Crippen LogP contribution in [0.4, 0.5) is 0 Å². The first-order valence-electron chi connectivity index (χ1n) is 4.68. The molecule has 0 aliphatic heterocycles. The van der Waals surface area contributed by atoms with Crippen molar-refractivity contribution in [2.75, 3.05) is 7.11 Å². The maximum Gasteiger partial charge on any atom is 0.310 e. The molecule has 4 heteroatoms. The van der Waals surface area contributed by atoms with E-state index in [1.54, 1.807) is 0 Å². The number of pyridine rings is 1. The summed E-state index contributed by atoms with van der Waals surface area (Å²) in [5, 5.41) is 8.44. The van der Waals surface area contributed by atoms with Gasteiger partial charge < -0.3 is 4.74 Å². The van der Waals surface area contributed by atoms with Crippen LogP contribution in [-0.4, -0.2) is 13.1 Å². The lowest BCUT2D eigenvalue weighted by Gasteiger charge is -1.98. The Morgan fingerprint density at radius 1 is 1.67 bits per heavy atom. The van der Waals surface area contributed by atoms with Gasteiger partial charge in [0.1, 0.15) is 0 Å². The molecule has 0 spiro atoms. The van der Waals surface area contributed by atoms with Crippen molar-refractivity contribution in [3.05, 3.63) is 30.1 Å². The number of aromatic nitrogens is 1. The van der Waals surface area contributed by atoms with Gasteiger partial charge in [0, 0.05) is 11.6 Å². The van der Waals surface area contributed by atoms with Crippen molar-refractivity contribution in [2.45, 2.75) is 19.4 Å². The van der Waals surface area contributed by atoms with Gasteiger partial charge in [-0.2, -0.15) is 5.26 Å². The van der Waals surface area contributed by atoms with E-state index in [2.05, 4.69) is 10.8 Å². The second kappa shape index (κ2) is 5.76. The molecule has 0 bridgehead atoms.